The molecule has 18 heavy (non-hydrogen) atoms. The molecule has 0 aliphatic carbocycles. The Bertz CT molecular complexity index is 261. The number of nitrogens with zero attached hydrogens (tertiary/aromatic N) is 1. The molecule has 0 unspecified atom stereocenters. The zero-order valence-corrected chi connectivity index (χ0v) is 12.3. The Kier molecular flexibility index (Phi) is 7.95. The Balaban J connectivity index is 0.000000360. The van der Waals surface area contributed by atoms with E-state index >= 15 is 0 Å². The molecule has 1 amide bonds. The van der Waals surface area contributed by atoms with Crippen LogP contribution < -0.4 is 5.32 Å². The van der Waals surface area contributed by atoms with Crippen LogP contribution in [0.4, 0.5) is 4.79 Å². The molecule has 1 aliphatic rings. The first-order valence-corrected chi connectivity index (χ1v) is 6.40. The predicted octanol–water partition coefficient (Wildman–Crippen LogP) is 1.99. The van der Waals surface area contributed by atoms with E-state index in [4.69, 9.17) is 11.6 Å². The van der Waals surface area contributed by atoms with E-state index < -0.39 is 0 Å². The average Bonchev–Trinajstić information content (AvgIpc) is 2.28. The first-order chi connectivity index (χ1) is 8.28. The molecule has 0 aromatic rings. The fraction of sp³-hybridized carbons (Fsp3) is 0.833. The number of halogens is 1. The smallest absolute Gasteiger partial charge is 0.316 e. The molecule has 0 atom stereocenters. The number of rotatable bonds is 2. The van der Waals surface area contributed by atoms with E-state index in [1.165, 1.54) is 0 Å². The highest BCUT2D eigenvalue weighted by Crippen LogP contribution is 2.11. The number of nitrogens with one attached hydrogen (secondary N) is 1. The normalized spacial score (nSPS) is 16.3. The number of carbonyl (C=O) groups excluding carboxylic acids is 2. The summed E-state index contributed by atoms with van der Waals surface area (Å²) in [5.41, 5.74) is -0.318. The van der Waals surface area contributed by atoms with Crippen LogP contribution in [-0.2, 0) is 9.53 Å². The van der Waals surface area contributed by atoms with Crippen molar-refractivity contribution in [3.8, 4) is 0 Å². The van der Waals surface area contributed by atoms with Crippen LogP contribution in [-0.4, -0.2) is 48.5 Å². The van der Waals surface area contributed by atoms with Gasteiger partial charge in [-0.1, -0.05) is 0 Å². The molecule has 6 heteroatoms. The van der Waals surface area contributed by atoms with Gasteiger partial charge >= 0.3 is 5.37 Å². The van der Waals surface area contributed by atoms with E-state index in [-0.39, 0.29) is 11.0 Å². The number of hydrogen-bond acceptors (Lipinski definition) is 4. The molecule has 1 aliphatic heterocycles. The minimum absolute atomic E-state index is 0.318. The fourth-order valence-corrected chi connectivity index (χ4v) is 1.62. The van der Waals surface area contributed by atoms with Crippen molar-refractivity contribution in [2.45, 2.75) is 45.3 Å². The van der Waals surface area contributed by atoms with Crippen LogP contribution in [0.2, 0.25) is 0 Å². The van der Waals surface area contributed by atoms with E-state index in [0.29, 0.717) is 12.5 Å². The van der Waals surface area contributed by atoms with Crippen molar-refractivity contribution in [3.63, 3.8) is 0 Å². The van der Waals surface area contributed by atoms with Crippen LogP contribution in [0.1, 0.15) is 33.6 Å². The Labute approximate surface area is 114 Å². The van der Waals surface area contributed by atoms with E-state index in [9.17, 15) is 9.59 Å². The number of piperidine rings is 1. The van der Waals surface area contributed by atoms with Crippen LogP contribution in [0, 0.1) is 0 Å². The van der Waals surface area contributed by atoms with Gasteiger partial charge in [-0.25, -0.2) is 0 Å². The van der Waals surface area contributed by atoms with E-state index in [2.05, 4.69) is 10.1 Å². The molecule has 0 aromatic heterocycles. The monoisotopic (exact) mass is 278 g/mol. The van der Waals surface area contributed by atoms with Gasteiger partial charge in [0.15, 0.2) is 0 Å². The summed E-state index contributed by atoms with van der Waals surface area (Å²) in [6, 6.07) is 0.334. The minimum Gasteiger partial charge on any atom is -0.462 e. The van der Waals surface area contributed by atoms with Gasteiger partial charge < -0.3 is 15.0 Å². The maximum atomic E-state index is 10.7. The molecule has 1 rings (SSSR count). The van der Waals surface area contributed by atoms with Crippen LogP contribution >= 0.6 is 11.6 Å². The highest BCUT2D eigenvalue weighted by molar-refractivity contribution is 6.62. The zero-order valence-electron chi connectivity index (χ0n) is 11.5. The topological polar surface area (TPSA) is 58.6 Å². The lowest BCUT2D eigenvalue weighted by molar-refractivity contribution is -0.138. The van der Waals surface area contributed by atoms with Crippen molar-refractivity contribution in [2.24, 2.45) is 0 Å². The lowest BCUT2D eigenvalue weighted by Crippen LogP contribution is -2.42. The molecule has 106 valence electrons. The van der Waals surface area contributed by atoms with Crippen LogP contribution in [0.3, 0.4) is 0 Å². The molecular formula is C12H23ClN2O3. The quantitative estimate of drug-likeness (QED) is 0.477. The third kappa shape index (κ3) is 8.31. The summed E-state index contributed by atoms with van der Waals surface area (Å²) < 4.78 is 4.55. The molecule has 1 saturated heterocycles. The van der Waals surface area contributed by atoms with Crippen molar-refractivity contribution >= 4 is 23.4 Å². The SMILES string of the molecule is CC(C)(C)OC=O.CN(C(=O)Cl)C1CCNCC1. The van der Waals surface area contributed by atoms with E-state index in [1.807, 2.05) is 20.8 Å². The maximum Gasteiger partial charge on any atom is 0.316 e. The lowest BCUT2D eigenvalue weighted by Gasteiger charge is -2.29. The molecule has 1 heterocycles. The van der Waals surface area contributed by atoms with Crippen molar-refractivity contribution in [1.82, 2.24) is 10.2 Å². The van der Waals surface area contributed by atoms with Gasteiger partial charge in [-0.2, -0.15) is 0 Å². The number of amides is 1. The summed E-state index contributed by atoms with van der Waals surface area (Å²) in [5.74, 6) is 0. The van der Waals surface area contributed by atoms with Crippen LogP contribution in [0.5, 0.6) is 0 Å². The minimum atomic E-state index is -0.350. The third-order valence-corrected chi connectivity index (χ3v) is 2.80. The third-order valence-electron chi connectivity index (χ3n) is 2.54. The number of ether oxygens (including phenoxy) is 1. The fourth-order valence-electron chi connectivity index (χ4n) is 1.48. The number of carbonyl (C=O) groups is 2. The molecule has 5 nitrogen and oxygen atoms in total. The summed E-state index contributed by atoms with van der Waals surface area (Å²) in [5, 5.41) is 2.88. The molecule has 0 bridgehead atoms. The van der Waals surface area contributed by atoms with Gasteiger partial charge in [-0.05, 0) is 58.3 Å². The first-order valence-electron chi connectivity index (χ1n) is 6.02. The van der Waals surface area contributed by atoms with Gasteiger partial charge in [0.25, 0.3) is 6.47 Å². The average molecular weight is 279 g/mol. The van der Waals surface area contributed by atoms with Gasteiger partial charge in [0.2, 0.25) is 0 Å². The molecule has 0 aromatic carbocycles. The molecule has 1 fully saturated rings. The molecular weight excluding hydrogens is 256 g/mol. The highest BCUT2D eigenvalue weighted by Gasteiger charge is 2.19. The predicted molar refractivity (Wildman–Crippen MR) is 71.8 cm³/mol. The van der Waals surface area contributed by atoms with Gasteiger partial charge in [0, 0.05) is 13.1 Å². The van der Waals surface area contributed by atoms with Gasteiger partial charge in [0.05, 0.1) is 0 Å². The van der Waals surface area contributed by atoms with Crippen molar-refractivity contribution in [2.75, 3.05) is 20.1 Å². The Morgan fingerprint density at radius 2 is 1.89 bits per heavy atom. The lowest BCUT2D eigenvalue weighted by atomic mass is 10.1. The van der Waals surface area contributed by atoms with Crippen LogP contribution in [0.15, 0.2) is 0 Å². The van der Waals surface area contributed by atoms with E-state index in [0.717, 1.165) is 25.9 Å². The summed E-state index contributed by atoms with van der Waals surface area (Å²) in [7, 11) is 1.76. The van der Waals surface area contributed by atoms with Crippen molar-refractivity contribution < 1.29 is 14.3 Å². The largest absolute Gasteiger partial charge is 0.462 e. The van der Waals surface area contributed by atoms with Crippen molar-refractivity contribution in [3.05, 3.63) is 0 Å². The summed E-state index contributed by atoms with van der Waals surface area (Å²) >= 11 is 5.33. The van der Waals surface area contributed by atoms with Gasteiger partial charge in [-0.15, -0.1) is 0 Å². The Morgan fingerprint density at radius 1 is 1.39 bits per heavy atom. The van der Waals surface area contributed by atoms with Crippen molar-refractivity contribution in [1.29, 1.82) is 0 Å². The Morgan fingerprint density at radius 3 is 2.17 bits per heavy atom. The first kappa shape index (κ1) is 17.2. The second kappa shape index (κ2) is 8.32. The zero-order chi connectivity index (χ0) is 14.2. The number of hydrogen-bond donors (Lipinski definition) is 1. The summed E-state index contributed by atoms with van der Waals surface area (Å²) in [6.07, 6.45) is 2.02. The maximum absolute atomic E-state index is 10.7. The highest BCUT2D eigenvalue weighted by atomic mass is 35.5. The summed E-state index contributed by atoms with van der Waals surface area (Å²) in [4.78, 5) is 21.9. The van der Waals surface area contributed by atoms with Crippen LogP contribution in [0.25, 0.3) is 0 Å². The molecule has 1 N–H and O–H groups in total. The molecule has 0 spiro atoms. The molecule has 0 saturated carbocycles. The second-order valence-corrected chi connectivity index (χ2v) is 5.49. The second-order valence-electron chi connectivity index (χ2n) is 5.17. The Hall–Kier alpha value is -0.810. The molecule has 0 radical (unpaired) electrons. The summed E-state index contributed by atoms with van der Waals surface area (Å²) in [6.45, 7) is 7.89. The van der Waals surface area contributed by atoms with Gasteiger partial charge in [0.1, 0.15) is 5.60 Å². The van der Waals surface area contributed by atoms with E-state index in [1.54, 1.807) is 11.9 Å². The standard InChI is InChI=1S/C7H13ClN2O.C5H10O2/c1-10(7(8)11)6-2-4-9-5-3-6;1-5(2,3)7-4-6/h6,9H,2-5H2,1H3;4H,1-3H3. The van der Waals surface area contributed by atoms with Gasteiger partial charge in [-0.3, -0.25) is 9.59 Å².